The zero-order chi connectivity index (χ0) is 19.5. The van der Waals surface area contributed by atoms with Gasteiger partial charge in [-0.2, -0.15) is 0 Å². The van der Waals surface area contributed by atoms with Gasteiger partial charge in [0.05, 0.1) is 19.2 Å². The summed E-state index contributed by atoms with van der Waals surface area (Å²) < 4.78 is 20.6. The highest BCUT2D eigenvalue weighted by molar-refractivity contribution is 5.96. The maximum Gasteiger partial charge on any atom is 0.337 e. The summed E-state index contributed by atoms with van der Waals surface area (Å²) in [6.07, 6.45) is 0. The van der Waals surface area contributed by atoms with Crippen molar-refractivity contribution in [2.75, 3.05) is 13.9 Å². The third kappa shape index (κ3) is 3.52. The first-order valence-corrected chi connectivity index (χ1v) is 8.46. The van der Waals surface area contributed by atoms with E-state index in [1.54, 1.807) is 24.3 Å². The highest BCUT2D eigenvalue weighted by Gasteiger charge is 2.16. The van der Waals surface area contributed by atoms with Crippen LogP contribution >= 0.6 is 0 Å². The fourth-order valence-corrected chi connectivity index (χ4v) is 2.73. The molecular weight excluding hydrogens is 364 g/mol. The second-order valence-corrected chi connectivity index (χ2v) is 6.00. The van der Waals surface area contributed by atoms with Crippen molar-refractivity contribution in [2.24, 2.45) is 0 Å². The van der Waals surface area contributed by atoms with Gasteiger partial charge in [0.15, 0.2) is 17.3 Å². The zero-order valence-corrected chi connectivity index (χ0v) is 14.9. The smallest absolute Gasteiger partial charge is 0.337 e. The van der Waals surface area contributed by atoms with Crippen LogP contribution in [0.3, 0.4) is 0 Å². The van der Waals surface area contributed by atoms with Crippen LogP contribution in [0.2, 0.25) is 0 Å². The van der Waals surface area contributed by atoms with Gasteiger partial charge in [-0.15, -0.1) is 0 Å². The number of rotatable bonds is 5. The van der Waals surface area contributed by atoms with Crippen molar-refractivity contribution in [3.63, 3.8) is 0 Å². The molecule has 1 amide bonds. The Morgan fingerprint density at radius 1 is 1.04 bits per heavy atom. The summed E-state index contributed by atoms with van der Waals surface area (Å²) in [4.78, 5) is 23.7. The molecule has 142 valence electrons. The van der Waals surface area contributed by atoms with Gasteiger partial charge in [-0.05, 0) is 42.5 Å². The van der Waals surface area contributed by atoms with Crippen molar-refractivity contribution in [2.45, 2.75) is 6.54 Å². The van der Waals surface area contributed by atoms with Gasteiger partial charge in [0.1, 0.15) is 5.69 Å². The molecule has 8 nitrogen and oxygen atoms in total. The normalized spacial score (nSPS) is 11.9. The molecule has 1 aliphatic heterocycles. The second kappa shape index (κ2) is 7.43. The SMILES string of the molecule is COC(=O)c1ccc(C(=O)NCc2cc(-c3ccc4c(c3)OCO4)on2)cc1. The molecule has 0 saturated carbocycles. The van der Waals surface area contributed by atoms with E-state index in [0.717, 1.165) is 5.56 Å². The van der Waals surface area contributed by atoms with E-state index in [0.29, 0.717) is 34.1 Å². The number of fused-ring (bicyclic) bond motifs is 1. The lowest BCUT2D eigenvalue weighted by Gasteiger charge is -2.04. The van der Waals surface area contributed by atoms with Gasteiger partial charge in [-0.3, -0.25) is 4.79 Å². The Morgan fingerprint density at radius 2 is 1.79 bits per heavy atom. The minimum absolute atomic E-state index is 0.200. The van der Waals surface area contributed by atoms with E-state index in [1.807, 2.05) is 12.1 Å². The molecule has 0 unspecified atom stereocenters. The molecule has 4 rings (SSSR count). The first-order chi connectivity index (χ1) is 13.6. The van der Waals surface area contributed by atoms with Gasteiger partial charge in [0.25, 0.3) is 5.91 Å². The average molecular weight is 380 g/mol. The summed E-state index contributed by atoms with van der Waals surface area (Å²) in [5.74, 6) is 1.16. The first kappa shape index (κ1) is 17.6. The highest BCUT2D eigenvalue weighted by atomic mass is 16.7. The van der Waals surface area contributed by atoms with Crippen LogP contribution in [-0.2, 0) is 11.3 Å². The lowest BCUT2D eigenvalue weighted by Crippen LogP contribution is -2.23. The molecule has 1 N–H and O–H groups in total. The van der Waals surface area contributed by atoms with Gasteiger partial charge >= 0.3 is 5.97 Å². The van der Waals surface area contributed by atoms with E-state index >= 15 is 0 Å². The van der Waals surface area contributed by atoms with Crippen LogP contribution in [0.15, 0.2) is 53.1 Å². The lowest BCUT2D eigenvalue weighted by molar-refractivity contribution is 0.0600. The molecular formula is C20H16N2O6. The quantitative estimate of drug-likeness (QED) is 0.679. The van der Waals surface area contributed by atoms with Gasteiger partial charge in [-0.25, -0.2) is 4.79 Å². The topological polar surface area (TPSA) is 99.9 Å². The van der Waals surface area contributed by atoms with Crippen LogP contribution in [-0.4, -0.2) is 30.9 Å². The zero-order valence-electron chi connectivity index (χ0n) is 14.9. The van der Waals surface area contributed by atoms with Crippen molar-refractivity contribution in [1.82, 2.24) is 10.5 Å². The van der Waals surface area contributed by atoms with Crippen molar-refractivity contribution in [3.05, 3.63) is 65.4 Å². The molecule has 0 saturated heterocycles. The number of ether oxygens (including phenoxy) is 3. The minimum Gasteiger partial charge on any atom is -0.465 e. The summed E-state index contributed by atoms with van der Waals surface area (Å²) in [5, 5.41) is 6.74. The standard InChI is InChI=1S/C20H16N2O6/c1-25-20(24)13-4-2-12(3-5-13)19(23)21-10-15-9-17(28-22-15)14-6-7-16-18(8-14)27-11-26-16/h2-9H,10-11H2,1H3,(H,21,23). The van der Waals surface area contributed by atoms with Crippen molar-refractivity contribution < 1.29 is 28.3 Å². The van der Waals surface area contributed by atoms with E-state index in [1.165, 1.54) is 19.2 Å². The van der Waals surface area contributed by atoms with Gasteiger partial charge < -0.3 is 24.1 Å². The number of esters is 1. The number of nitrogens with zero attached hydrogens (tertiary/aromatic N) is 1. The van der Waals surface area contributed by atoms with Crippen LogP contribution in [0.25, 0.3) is 11.3 Å². The Labute approximate surface area is 160 Å². The third-order valence-corrected chi connectivity index (χ3v) is 4.21. The number of carbonyl (C=O) groups is 2. The van der Waals surface area contributed by atoms with E-state index in [2.05, 4.69) is 15.2 Å². The summed E-state index contributed by atoms with van der Waals surface area (Å²) in [6, 6.07) is 13.4. The molecule has 2 heterocycles. The van der Waals surface area contributed by atoms with Crippen molar-refractivity contribution >= 4 is 11.9 Å². The van der Waals surface area contributed by atoms with Gasteiger partial charge in [0.2, 0.25) is 6.79 Å². The molecule has 28 heavy (non-hydrogen) atoms. The fraction of sp³-hybridized carbons (Fsp3) is 0.150. The molecule has 3 aromatic rings. The van der Waals surface area contributed by atoms with E-state index in [-0.39, 0.29) is 19.2 Å². The molecule has 0 radical (unpaired) electrons. The van der Waals surface area contributed by atoms with Crippen LogP contribution in [0.4, 0.5) is 0 Å². The molecule has 1 aliphatic rings. The third-order valence-electron chi connectivity index (χ3n) is 4.21. The van der Waals surface area contributed by atoms with Crippen molar-refractivity contribution in [3.8, 4) is 22.8 Å². The molecule has 0 fully saturated rings. The summed E-state index contributed by atoms with van der Waals surface area (Å²) >= 11 is 0. The predicted molar refractivity (Wildman–Crippen MR) is 97.0 cm³/mol. The van der Waals surface area contributed by atoms with Gasteiger partial charge in [-0.1, -0.05) is 5.16 Å². The van der Waals surface area contributed by atoms with E-state index < -0.39 is 5.97 Å². The maximum absolute atomic E-state index is 12.3. The Balaban J connectivity index is 1.39. The number of nitrogens with one attached hydrogen (secondary N) is 1. The molecule has 2 aromatic carbocycles. The minimum atomic E-state index is -0.453. The molecule has 8 heteroatoms. The molecule has 0 bridgehead atoms. The van der Waals surface area contributed by atoms with E-state index in [9.17, 15) is 9.59 Å². The number of amides is 1. The number of aromatic nitrogens is 1. The molecule has 1 aromatic heterocycles. The summed E-state index contributed by atoms with van der Waals surface area (Å²) in [6.45, 7) is 0.402. The number of hydrogen-bond acceptors (Lipinski definition) is 7. The average Bonchev–Trinajstić information content (AvgIpc) is 3.40. The number of hydrogen-bond donors (Lipinski definition) is 1. The second-order valence-electron chi connectivity index (χ2n) is 6.00. The van der Waals surface area contributed by atoms with Crippen LogP contribution in [0.1, 0.15) is 26.4 Å². The Kier molecular flexibility index (Phi) is 4.67. The fourth-order valence-electron chi connectivity index (χ4n) is 2.73. The predicted octanol–water partition coefficient (Wildman–Crippen LogP) is 2.79. The van der Waals surface area contributed by atoms with Crippen molar-refractivity contribution in [1.29, 1.82) is 0 Å². The van der Waals surface area contributed by atoms with E-state index in [4.69, 9.17) is 14.0 Å². The summed E-state index contributed by atoms with van der Waals surface area (Å²) in [5.41, 5.74) is 2.18. The molecule has 0 atom stereocenters. The number of methoxy groups -OCH3 is 1. The molecule has 0 aliphatic carbocycles. The van der Waals surface area contributed by atoms with Crippen LogP contribution in [0, 0.1) is 0 Å². The Hall–Kier alpha value is -3.81. The first-order valence-electron chi connectivity index (χ1n) is 8.46. The Morgan fingerprint density at radius 3 is 2.57 bits per heavy atom. The van der Waals surface area contributed by atoms with Crippen LogP contribution < -0.4 is 14.8 Å². The van der Waals surface area contributed by atoms with Gasteiger partial charge in [0, 0.05) is 17.2 Å². The summed E-state index contributed by atoms with van der Waals surface area (Å²) in [7, 11) is 1.30. The van der Waals surface area contributed by atoms with Crippen LogP contribution in [0.5, 0.6) is 11.5 Å². The largest absolute Gasteiger partial charge is 0.465 e. The number of carbonyl (C=O) groups excluding carboxylic acids is 2. The monoisotopic (exact) mass is 380 g/mol. The lowest BCUT2D eigenvalue weighted by atomic mass is 10.1. The Bertz CT molecular complexity index is 1030. The highest BCUT2D eigenvalue weighted by Crippen LogP contribution is 2.35. The molecule has 0 spiro atoms. The number of benzene rings is 2. The maximum atomic E-state index is 12.3.